The molecule has 1 heterocycles. The topological polar surface area (TPSA) is 49.9 Å². The smallest absolute Gasteiger partial charge is 0.422 e. The first-order valence-corrected chi connectivity index (χ1v) is 9.85. The number of ketones is 2. The van der Waals surface area contributed by atoms with Crippen molar-refractivity contribution in [2.75, 3.05) is 44.2 Å². The summed E-state index contributed by atoms with van der Waals surface area (Å²) in [6.07, 6.45) is -10.7. The summed E-state index contributed by atoms with van der Waals surface area (Å²) in [6, 6.07) is 6.09. The number of nitrogens with zero attached hydrogens (tertiary/aromatic N) is 2. The number of hydrogen-bond donors (Lipinski definition) is 0. The molecule has 0 amide bonds. The summed E-state index contributed by atoms with van der Waals surface area (Å²) in [4.78, 5) is 27.8. The van der Waals surface area contributed by atoms with Gasteiger partial charge in [0.1, 0.15) is 17.3 Å². The highest BCUT2D eigenvalue weighted by Crippen LogP contribution is 2.31. The van der Waals surface area contributed by atoms with Crippen LogP contribution in [-0.2, 0) is 9.59 Å². The van der Waals surface area contributed by atoms with Crippen LogP contribution in [0.4, 0.5) is 18.9 Å². The lowest BCUT2D eigenvalue weighted by Crippen LogP contribution is -2.47. The molecule has 3 rings (SSSR count). The Morgan fingerprint density at radius 3 is 2.57 bits per heavy atom. The number of halogens is 3. The van der Waals surface area contributed by atoms with E-state index in [1.54, 1.807) is 17.0 Å². The van der Waals surface area contributed by atoms with Crippen LogP contribution in [0.2, 0.25) is 0 Å². The summed E-state index contributed by atoms with van der Waals surface area (Å²) in [6.45, 7) is -2.79. The van der Waals surface area contributed by atoms with Crippen molar-refractivity contribution in [2.45, 2.75) is 38.7 Å². The zero-order valence-corrected chi connectivity index (χ0v) is 16.7. The van der Waals surface area contributed by atoms with Crippen LogP contribution in [0.25, 0.3) is 0 Å². The monoisotopic (exact) mass is 432 g/mol. The number of rotatable bonds is 7. The molecule has 0 spiro atoms. The third-order valence-corrected chi connectivity index (χ3v) is 5.22. The highest BCUT2D eigenvalue weighted by Gasteiger charge is 2.34. The van der Waals surface area contributed by atoms with Crippen LogP contribution in [0.1, 0.15) is 40.7 Å². The highest BCUT2D eigenvalue weighted by molar-refractivity contribution is 6.05. The van der Waals surface area contributed by atoms with Crippen molar-refractivity contribution in [1.29, 1.82) is 0 Å². The van der Waals surface area contributed by atoms with Crippen molar-refractivity contribution in [2.24, 2.45) is 11.8 Å². The summed E-state index contributed by atoms with van der Waals surface area (Å²) in [5, 5.41) is 0. The molecule has 1 saturated heterocycles. The quantitative estimate of drug-likeness (QED) is 0.615. The van der Waals surface area contributed by atoms with Gasteiger partial charge in [-0.1, -0.05) is 19.1 Å². The Balaban J connectivity index is 1.77. The molecule has 1 saturated carbocycles. The van der Waals surface area contributed by atoms with Gasteiger partial charge >= 0.3 is 6.18 Å². The molecule has 1 aliphatic carbocycles. The molecular weight excluding hydrogens is 397 g/mol. The van der Waals surface area contributed by atoms with Gasteiger partial charge in [0.15, 0.2) is 6.61 Å². The van der Waals surface area contributed by atoms with Gasteiger partial charge in [-0.25, -0.2) is 0 Å². The summed E-state index contributed by atoms with van der Waals surface area (Å²) < 4.78 is 93.5. The van der Waals surface area contributed by atoms with Crippen molar-refractivity contribution >= 4 is 17.3 Å². The van der Waals surface area contributed by atoms with E-state index >= 15 is 0 Å². The predicted octanol–water partition coefficient (Wildman–Crippen LogP) is 3.71. The molecule has 1 aliphatic heterocycles. The fourth-order valence-electron chi connectivity index (χ4n) is 3.48. The number of carbonyl (C=O) groups is 2. The first-order chi connectivity index (χ1) is 16.5. The summed E-state index contributed by atoms with van der Waals surface area (Å²) in [7, 11) is 0. The van der Waals surface area contributed by atoms with Gasteiger partial charge < -0.3 is 9.64 Å². The maximum Gasteiger partial charge on any atom is 0.422 e. The maximum absolute atomic E-state index is 12.6. The number of piperazine rings is 1. The van der Waals surface area contributed by atoms with Gasteiger partial charge in [0.25, 0.3) is 0 Å². The van der Waals surface area contributed by atoms with E-state index in [0.717, 1.165) is 4.90 Å². The summed E-state index contributed by atoms with van der Waals surface area (Å²) in [5.41, 5.74) is 0.368. The third kappa shape index (κ3) is 5.97. The minimum atomic E-state index is -4.52. The van der Waals surface area contributed by atoms with Gasteiger partial charge in [-0.05, 0) is 37.8 Å². The molecule has 0 radical (unpaired) electrons. The molecule has 0 aromatic heterocycles. The number of carbonyl (C=O) groups excluding carboxylic acids is 2. The van der Waals surface area contributed by atoms with E-state index in [4.69, 9.17) is 13.0 Å². The number of hydrogen-bond acceptors (Lipinski definition) is 5. The molecular formula is C22H29F3N2O3. The van der Waals surface area contributed by atoms with Gasteiger partial charge in [-0.3, -0.25) is 14.5 Å². The second-order valence-corrected chi connectivity index (χ2v) is 7.47. The van der Waals surface area contributed by atoms with Crippen LogP contribution in [-0.4, -0.2) is 61.9 Å². The van der Waals surface area contributed by atoms with Gasteiger partial charge in [0, 0.05) is 46.7 Å². The Labute approximate surface area is 183 Å². The first kappa shape index (κ1) is 15.7. The van der Waals surface area contributed by atoms with Crippen molar-refractivity contribution in [3.63, 3.8) is 0 Å². The molecule has 5 nitrogen and oxygen atoms in total. The van der Waals surface area contributed by atoms with E-state index in [1.807, 2.05) is 0 Å². The van der Waals surface area contributed by atoms with E-state index in [0.29, 0.717) is 5.69 Å². The fourth-order valence-corrected chi connectivity index (χ4v) is 3.48. The Bertz CT molecular complexity index is 984. The van der Waals surface area contributed by atoms with Crippen LogP contribution in [0.5, 0.6) is 5.75 Å². The average Bonchev–Trinajstić information content (AvgIpc) is 2.80. The molecule has 0 bridgehead atoms. The van der Waals surface area contributed by atoms with Crippen LogP contribution in [0.15, 0.2) is 24.3 Å². The molecule has 2 fully saturated rings. The van der Waals surface area contributed by atoms with Crippen LogP contribution in [0.3, 0.4) is 0 Å². The zero-order valence-electron chi connectivity index (χ0n) is 22.7. The zero-order chi connectivity index (χ0) is 27.1. The fraction of sp³-hybridized carbons (Fsp3) is 0.636. The SMILES string of the molecule is [2H]C([2H])(C1C(=O)CCC(C)C1=O)C([2H])([2H])C([2H])([2H])N1CCN(c2ccccc2OCC(F)(F)F)CC1. The molecule has 166 valence electrons. The lowest BCUT2D eigenvalue weighted by atomic mass is 9.78. The highest BCUT2D eigenvalue weighted by atomic mass is 19.4. The number of para-hydroxylation sites is 2. The lowest BCUT2D eigenvalue weighted by Gasteiger charge is -2.37. The van der Waals surface area contributed by atoms with Gasteiger partial charge in [0.05, 0.1) is 11.6 Å². The van der Waals surface area contributed by atoms with Crippen molar-refractivity contribution in [3.05, 3.63) is 24.3 Å². The van der Waals surface area contributed by atoms with E-state index in [2.05, 4.69) is 0 Å². The average molecular weight is 433 g/mol. The number of Topliss-reactive ketones (excluding diaryl/α,β-unsaturated/α-hetero) is 2. The van der Waals surface area contributed by atoms with Crippen molar-refractivity contribution in [3.8, 4) is 5.75 Å². The van der Waals surface area contributed by atoms with E-state index in [9.17, 15) is 22.8 Å². The molecule has 2 unspecified atom stereocenters. The largest absolute Gasteiger partial charge is 0.482 e. The molecule has 1 aromatic rings. The third-order valence-electron chi connectivity index (χ3n) is 5.22. The van der Waals surface area contributed by atoms with E-state index in [1.165, 1.54) is 19.1 Å². The molecule has 1 aromatic carbocycles. The Kier molecular flexibility index (Phi) is 5.13. The Morgan fingerprint density at radius 1 is 1.17 bits per heavy atom. The summed E-state index contributed by atoms with van der Waals surface area (Å²) >= 11 is 0. The van der Waals surface area contributed by atoms with Crippen molar-refractivity contribution < 1.29 is 35.7 Å². The Hall–Kier alpha value is -2.09. The first-order valence-electron chi connectivity index (χ1n) is 12.9. The molecule has 2 atom stereocenters. The minimum Gasteiger partial charge on any atom is -0.482 e. The van der Waals surface area contributed by atoms with Crippen LogP contribution in [0, 0.1) is 11.8 Å². The van der Waals surface area contributed by atoms with E-state index < -0.39 is 55.4 Å². The number of benzene rings is 1. The minimum absolute atomic E-state index is 0.00129. The molecule has 30 heavy (non-hydrogen) atoms. The standard InChI is InChI=1S/C22H29F3N2O3/c1-16-8-9-19(28)17(21(16)29)5-4-10-26-11-13-27(14-12-26)18-6-2-3-7-20(18)30-15-22(23,24)25/h2-3,6-7,16-17H,4-5,8-15H2,1H3/i4D2,5D2,10D2. The molecule has 8 heteroatoms. The van der Waals surface area contributed by atoms with Gasteiger partial charge in [-0.15, -0.1) is 0 Å². The van der Waals surface area contributed by atoms with Gasteiger partial charge in [0.2, 0.25) is 0 Å². The lowest BCUT2D eigenvalue weighted by molar-refractivity contribution is -0.153. The van der Waals surface area contributed by atoms with Crippen molar-refractivity contribution in [1.82, 2.24) is 4.90 Å². The number of ether oxygens (including phenoxy) is 1. The number of alkyl halides is 3. The molecule has 2 aliphatic rings. The second kappa shape index (κ2) is 9.81. The normalized spacial score (nSPS) is 28.1. The second-order valence-electron chi connectivity index (χ2n) is 7.47. The van der Waals surface area contributed by atoms with Crippen LogP contribution >= 0.6 is 0 Å². The predicted molar refractivity (Wildman–Crippen MR) is 108 cm³/mol. The number of anilines is 1. The Morgan fingerprint density at radius 2 is 1.87 bits per heavy atom. The maximum atomic E-state index is 12.6. The summed E-state index contributed by atoms with van der Waals surface area (Å²) in [5.74, 6) is -3.99. The molecule has 0 N–H and O–H groups in total. The van der Waals surface area contributed by atoms with Crippen LogP contribution < -0.4 is 9.64 Å². The van der Waals surface area contributed by atoms with Gasteiger partial charge in [-0.2, -0.15) is 13.2 Å². The van der Waals surface area contributed by atoms with E-state index in [-0.39, 0.29) is 44.8 Å².